The summed E-state index contributed by atoms with van der Waals surface area (Å²) in [5, 5.41) is 3.37. The third-order valence-corrected chi connectivity index (χ3v) is 2.16. The summed E-state index contributed by atoms with van der Waals surface area (Å²) >= 11 is 0. The van der Waals surface area contributed by atoms with Crippen molar-refractivity contribution in [2.24, 2.45) is 7.05 Å². The molecule has 2 nitrogen and oxygen atoms in total. The van der Waals surface area contributed by atoms with E-state index >= 15 is 0 Å². The van der Waals surface area contributed by atoms with Crippen molar-refractivity contribution in [2.75, 3.05) is 6.54 Å². The highest BCUT2D eigenvalue weighted by Crippen LogP contribution is 2.21. The van der Waals surface area contributed by atoms with Crippen LogP contribution in [0.5, 0.6) is 0 Å². The molecule has 1 aliphatic rings. The van der Waals surface area contributed by atoms with E-state index < -0.39 is 0 Å². The van der Waals surface area contributed by atoms with Crippen molar-refractivity contribution in [2.45, 2.75) is 12.5 Å². The number of hydrogen-bond donors (Lipinski definition) is 1. The molecular weight excluding hydrogens is 160 g/mol. The molecule has 0 bridgehead atoms. The van der Waals surface area contributed by atoms with Gasteiger partial charge >= 0.3 is 0 Å². The van der Waals surface area contributed by atoms with Crippen molar-refractivity contribution >= 4 is 12.4 Å². The minimum atomic E-state index is 0. The van der Waals surface area contributed by atoms with E-state index in [1.807, 2.05) is 0 Å². The van der Waals surface area contributed by atoms with Gasteiger partial charge in [-0.1, -0.05) is 0 Å². The predicted octanol–water partition coefficient (Wildman–Crippen LogP) is 1.48. The first-order valence-electron chi connectivity index (χ1n) is 3.72. The molecule has 0 radical (unpaired) electrons. The molecule has 1 saturated heterocycles. The molecule has 1 aliphatic heterocycles. The summed E-state index contributed by atoms with van der Waals surface area (Å²) in [7, 11) is 2.09. The maximum absolute atomic E-state index is 3.37. The van der Waals surface area contributed by atoms with Crippen molar-refractivity contribution in [3.63, 3.8) is 0 Å². The Labute approximate surface area is 73.0 Å². The average Bonchev–Trinajstić information content (AvgIpc) is 2.12. The van der Waals surface area contributed by atoms with Gasteiger partial charge in [0, 0.05) is 25.0 Å². The zero-order chi connectivity index (χ0) is 6.97. The molecule has 1 fully saturated rings. The Morgan fingerprint density at radius 2 is 2.36 bits per heavy atom. The van der Waals surface area contributed by atoms with Gasteiger partial charge in [0.15, 0.2) is 0 Å². The lowest BCUT2D eigenvalue weighted by molar-refractivity contribution is 0.367. The Morgan fingerprint density at radius 1 is 1.64 bits per heavy atom. The van der Waals surface area contributed by atoms with Gasteiger partial charge < -0.3 is 9.88 Å². The van der Waals surface area contributed by atoms with Crippen LogP contribution < -0.4 is 5.32 Å². The fourth-order valence-electron chi connectivity index (χ4n) is 1.38. The normalized spacial score (nSPS) is 22.1. The molecule has 0 aliphatic carbocycles. The van der Waals surface area contributed by atoms with E-state index in [1.54, 1.807) is 0 Å². The summed E-state index contributed by atoms with van der Waals surface area (Å²) in [6.45, 7) is 1.18. The zero-order valence-corrected chi connectivity index (χ0v) is 7.40. The zero-order valence-electron chi connectivity index (χ0n) is 6.58. The Bertz CT molecular complexity index is 228. The lowest BCUT2D eigenvalue weighted by Gasteiger charge is -2.28. The van der Waals surface area contributed by atoms with Gasteiger partial charge in [-0.15, -0.1) is 12.4 Å². The largest absolute Gasteiger partial charge is 0.353 e. The summed E-state index contributed by atoms with van der Waals surface area (Å²) in [5.41, 5.74) is 1.41. The molecule has 1 aromatic heterocycles. The first-order valence-corrected chi connectivity index (χ1v) is 3.72. The monoisotopic (exact) mass is 172 g/mol. The Kier molecular flexibility index (Phi) is 2.58. The van der Waals surface area contributed by atoms with E-state index in [4.69, 9.17) is 0 Å². The number of hydrogen-bond acceptors (Lipinski definition) is 1. The van der Waals surface area contributed by atoms with Gasteiger partial charge in [-0.3, -0.25) is 0 Å². The van der Waals surface area contributed by atoms with E-state index in [0.717, 1.165) is 0 Å². The second-order valence-corrected chi connectivity index (χ2v) is 2.84. The molecule has 0 saturated carbocycles. The highest BCUT2D eigenvalue weighted by Gasteiger charge is 2.19. The minimum absolute atomic E-state index is 0. The van der Waals surface area contributed by atoms with Crippen molar-refractivity contribution in [1.82, 2.24) is 9.88 Å². The molecule has 1 atom stereocenters. The summed E-state index contributed by atoms with van der Waals surface area (Å²) in [4.78, 5) is 0. The number of nitrogens with zero attached hydrogens (tertiary/aromatic N) is 1. The first kappa shape index (κ1) is 8.62. The second kappa shape index (κ2) is 3.28. The van der Waals surface area contributed by atoms with Gasteiger partial charge in [0.1, 0.15) is 0 Å². The Hall–Kier alpha value is -0.470. The maximum atomic E-state index is 3.37. The molecule has 0 amide bonds. The highest BCUT2D eigenvalue weighted by molar-refractivity contribution is 5.85. The molecule has 2 heterocycles. The molecule has 2 rings (SSSR count). The first-order chi connectivity index (χ1) is 4.88. The van der Waals surface area contributed by atoms with E-state index in [9.17, 15) is 0 Å². The molecular formula is C8H13ClN2. The minimum Gasteiger partial charge on any atom is -0.353 e. The van der Waals surface area contributed by atoms with Crippen molar-refractivity contribution in [1.29, 1.82) is 0 Å². The van der Waals surface area contributed by atoms with Gasteiger partial charge in [-0.25, -0.2) is 0 Å². The van der Waals surface area contributed by atoms with Gasteiger partial charge in [-0.05, 0) is 25.1 Å². The molecule has 1 N–H and O–H groups in total. The van der Waals surface area contributed by atoms with Crippen LogP contribution in [0.2, 0.25) is 0 Å². The van der Waals surface area contributed by atoms with Crippen LogP contribution in [0.4, 0.5) is 0 Å². The maximum Gasteiger partial charge on any atom is 0.0486 e. The van der Waals surface area contributed by atoms with Gasteiger partial charge in [0.2, 0.25) is 0 Å². The van der Waals surface area contributed by atoms with Crippen LogP contribution in [-0.2, 0) is 7.05 Å². The lowest BCUT2D eigenvalue weighted by atomic mass is 10.0. The summed E-state index contributed by atoms with van der Waals surface area (Å²) in [6, 6.07) is 4.89. The van der Waals surface area contributed by atoms with Crippen LogP contribution in [0.1, 0.15) is 18.2 Å². The molecule has 3 heteroatoms. The van der Waals surface area contributed by atoms with E-state index in [-0.39, 0.29) is 12.4 Å². The number of nitrogens with one attached hydrogen (secondary N) is 1. The van der Waals surface area contributed by atoms with Gasteiger partial charge in [0.25, 0.3) is 0 Å². The van der Waals surface area contributed by atoms with Crippen LogP contribution in [0, 0.1) is 0 Å². The van der Waals surface area contributed by atoms with Crippen LogP contribution in [0.25, 0.3) is 0 Å². The third-order valence-electron chi connectivity index (χ3n) is 2.16. The van der Waals surface area contributed by atoms with Crippen LogP contribution in [0.15, 0.2) is 18.3 Å². The molecule has 0 aromatic carbocycles. The number of halogens is 1. The summed E-state index contributed by atoms with van der Waals surface area (Å²) in [5.74, 6) is 0. The van der Waals surface area contributed by atoms with Crippen LogP contribution in [-0.4, -0.2) is 11.1 Å². The van der Waals surface area contributed by atoms with E-state index in [2.05, 4.69) is 35.3 Å². The van der Waals surface area contributed by atoms with E-state index in [1.165, 1.54) is 18.7 Å². The predicted molar refractivity (Wildman–Crippen MR) is 48.0 cm³/mol. The Morgan fingerprint density at radius 3 is 2.73 bits per heavy atom. The smallest absolute Gasteiger partial charge is 0.0486 e. The van der Waals surface area contributed by atoms with Crippen molar-refractivity contribution < 1.29 is 0 Å². The quantitative estimate of drug-likeness (QED) is 0.679. The topological polar surface area (TPSA) is 17.0 Å². The molecule has 62 valence electrons. The van der Waals surface area contributed by atoms with Crippen molar-refractivity contribution in [3.8, 4) is 0 Å². The number of aromatic nitrogens is 1. The third kappa shape index (κ3) is 1.42. The second-order valence-electron chi connectivity index (χ2n) is 2.84. The van der Waals surface area contributed by atoms with Crippen LogP contribution >= 0.6 is 12.4 Å². The standard InChI is InChI=1S/C8H12N2.ClH/c1-10-6-2-3-8(10)7-4-5-9-7;/h2-3,6-7,9H,4-5H2,1H3;1H/t7-;/m1./s1. The molecule has 1 aromatic rings. The molecule has 0 unspecified atom stereocenters. The van der Waals surface area contributed by atoms with Crippen molar-refractivity contribution in [3.05, 3.63) is 24.0 Å². The van der Waals surface area contributed by atoms with E-state index in [0.29, 0.717) is 6.04 Å². The summed E-state index contributed by atoms with van der Waals surface area (Å²) in [6.07, 6.45) is 3.38. The van der Waals surface area contributed by atoms with Gasteiger partial charge in [-0.2, -0.15) is 0 Å². The summed E-state index contributed by atoms with van der Waals surface area (Å²) < 4.78 is 2.18. The fourth-order valence-corrected chi connectivity index (χ4v) is 1.38. The van der Waals surface area contributed by atoms with Crippen LogP contribution in [0.3, 0.4) is 0 Å². The Balaban J connectivity index is 0.000000605. The SMILES string of the molecule is Cl.Cn1cccc1[C@H]1CCN1. The fraction of sp³-hybridized carbons (Fsp3) is 0.500. The highest BCUT2D eigenvalue weighted by atomic mass is 35.5. The molecule has 0 spiro atoms. The number of rotatable bonds is 1. The van der Waals surface area contributed by atoms with Gasteiger partial charge in [0.05, 0.1) is 0 Å². The number of aryl methyl sites for hydroxylation is 1. The lowest BCUT2D eigenvalue weighted by Crippen LogP contribution is -2.36. The molecule has 11 heavy (non-hydrogen) atoms. The average molecular weight is 173 g/mol.